The van der Waals surface area contributed by atoms with Crippen molar-refractivity contribution in [3.8, 4) is 22.5 Å². The lowest BCUT2D eigenvalue weighted by Gasteiger charge is -2.41. The van der Waals surface area contributed by atoms with Crippen LogP contribution in [0.3, 0.4) is 0 Å². The smallest absolute Gasteiger partial charge is 0.227 e. The van der Waals surface area contributed by atoms with E-state index in [1.807, 2.05) is 35.3 Å². The quantitative estimate of drug-likeness (QED) is 0.381. The van der Waals surface area contributed by atoms with Gasteiger partial charge in [-0.15, -0.1) is 0 Å². The Bertz CT molecular complexity index is 1330. The topological polar surface area (TPSA) is 84.2 Å². The molecule has 2 aliphatic rings. The highest BCUT2D eigenvalue weighted by Gasteiger charge is 2.25. The zero-order chi connectivity index (χ0) is 25.7. The molecule has 198 valence electrons. The van der Waals surface area contributed by atoms with Gasteiger partial charge in [-0.3, -0.25) is 14.6 Å². The maximum atomic E-state index is 5.53. The van der Waals surface area contributed by atoms with Crippen molar-refractivity contribution >= 4 is 17.3 Å². The van der Waals surface area contributed by atoms with Crippen molar-refractivity contribution in [1.82, 2.24) is 29.6 Å². The van der Waals surface area contributed by atoms with Crippen molar-refractivity contribution < 1.29 is 6.16 Å². The number of nitrogens with one attached hydrogen (secondary N) is 1. The highest BCUT2D eigenvalue weighted by molar-refractivity contribution is 5.78. The second-order valence-corrected chi connectivity index (χ2v) is 9.79. The predicted molar refractivity (Wildman–Crippen MR) is 152 cm³/mol. The van der Waals surface area contributed by atoms with Crippen LogP contribution in [0.25, 0.3) is 22.5 Å². The number of piperazine rings is 1. The summed E-state index contributed by atoms with van der Waals surface area (Å²) in [6.45, 7) is 8.99. The van der Waals surface area contributed by atoms with Gasteiger partial charge >= 0.3 is 0 Å². The van der Waals surface area contributed by atoms with Crippen molar-refractivity contribution in [3.05, 3.63) is 67.3 Å². The number of anilines is 3. The van der Waals surface area contributed by atoms with E-state index in [0.717, 1.165) is 87.0 Å². The molecule has 0 atom stereocenters. The molecule has 0 radical (unpaired) electrons. The Hall–Kier alpha value is -3.82. The first-order chi connectivity index (χ1) is 18.8. The van der Waals surface area contributed by atoms with Gasteiger partial charge in [0.05, 0.1) is 5.69 Å². The van der Waals surface area contributed by atoms with Crippen LogP contribution in [0.1, 0.15) is 21.2 Å². The number of pyridine rings is 1. The molecule has 3 aromatic heterocycles. The highest BCUT2D eigenvalue weighted by atomic mass is 16.5. The van der Waals surface area contributed by atoms with Gasteiger partial charge < -0.3 is 15.0 Å². The van der Waals surface area contributed by atoms with Crippen LogP contribution in [-0.2, 0) is 11.3 Å². The third-order valence-corrected chi connectivity index (χ3v) is 7.46. The first-order valence-corrected chi connectivity index (χ1v) is 13.5. The molecule has 6 rings (SSSR count). The van der Waals surface area contributed by atoms with E-state index in [-0.39, 0.29) is 1.43 Å². The van der Waals surface area contributed by atoms with Gasteiger partial charge in [0.25, 0.3) is 0 Å². The lowest BCUT2D eigenvalue weighted by molar-refractivity contribution is 0.0321. The molecule has 38 heavy (non-hydrogen) atoms. The van der Waals surface area contributed by atoms with Crippen molar-refractivity contribution in [1.29, 1.82) is 0 Å². The molecule has 0 aliphatic carbocycles. The summed E-state index contributed by atoms with van der Waals surface area (Å²) >= 11 is 0. The first-order valence-electron chi connectivity index (χ1n) is 13.5. The van der Waals surface area contributed by atoms with E-state index >= 15 is 0 Å². The molecule has 2 saturated heterocycles. The molecule has 0 saturated carbocycles. The Balaban J connectivity index is 0.00000308. The first kappa shape index (κ1) is 24.5. The van der Waals surface area contributed by atoms with Crippen LogP contribution >= 0.6 is 0 Å². The fraction of sp³-hybridized carbons (Fsp3) is 0.379. The highest BCUT2D eigenvalue weighted by Crippen LogP contribution is 2.30. The van der Waals surface area contributed by atoms with Crippen LogP contribution in [0.15, 0.2) is 67.3 Å². The minimum absolute atomic E-state index is 0. The van der Waals surface area contributed by atoms with Gasteiger partial charge in [0, 0.05) is 101 Å². The summed E-state index contributed by atoms with van der Waals surface area (Å²) < 4.78 is 7.46. The number of benzene rings is 1. The van der Waals surface area contributed by atoms with E-state index < -0.39 is 0 Å². The molecule has 0 bridgehead atoms. The van der Waals surface area contributed by atoms with Crippen LogP contribution in [0, 0.1) is 0 Å². The summed E-state index contributed by atoms with van der Waals surface area (Å²) in [7, 11) is 0. The number of aryl methyl sites for hydroxylation is 1. The second-order valence-electron chi connectivity index (χ2n) is 9.79. The molecular weight excluding hydrogens is 476 g/mol. The Morgan fingerprint density at radius 3 is 2.55 bits per heavy atom. The largest absolute Gasteiger partial charge is 0.381 e. The normalized spacial score (nSPS) is 17.0. The lowest BCUT2D eigenvalue weighted by atomic mass is 10.1. The minimum atomic E-state index is 0. The average molecular weight is 513 g/mol. The zero-order valence-corrected chi connectivity index (χ0v) is 21.8. The molecule has 0 spiro atoms. The predicted octanol–water partition coefficient (Wildman–Crippen LogP) is 4.71. The maximum Gasteiger partial charge on any atom is 0.227 e. The van der Waals surface area contributed by atoms with Gasteiger partial charge in [-0.2, -0.15) is 5.10 Å². The molecule has 1 N–H and O–H groups in total. The monoisotopic (exact) mass is 512 g/mol. The fourth-order valence-corrected chi connectivity index (χ4v) is 5.34. The molecular formula is C29H36N8O. The summed E-state index contributed by atoms with van der Waals surface area (Å²) in [6, 6.07) is 15.1. The van der Waals surface area contributed by atoms with E-state index in [1.165, 1.54) is 5.69 Å². The molecule has 2 fully saturated rings. The molecule has 0 unspecified atom stereocenters. The molecule has 4 aromatic rings. The van der Waals surface area contributed by atoms with E-state index in [4.69, 9.17) is 14.8 Å². The lowest BCUT2D eigenvalue weighted by Crippen LogP contribution is -2.51. The van der Waals surface area contributed by atoms with Gasteiger partial charge in [0.1, 0.15) is 5.69 Å². The van der Waals surface area contributed by atoms with Crippen molar-refractivity contribution in [2.75, 3.05) is 49.6 Å². The van der Waals surface area contributed by atoms with E-state index in [0.29, 0.717) is 12.0 Å². The Kier molecular flexibility index (Phi) is 7.28. The average Bonchev–Trinajstić information content (AvgIpc) is 3.44. The van der Waals surface area contributed by atoms with Crippen molar-refractivity contribution in [2.24, 2.45) is 0 Å². The standard InChI is InChI=1S/C29H34N8O.H2/c1-2-37-21-26(28(34-37)22-4-3-12-30-20-22)27-9-13-31-29(33-27)32-23-5-7-24(8-6-23)35-14-16-36(17-15-35)25-10-18-38-19-11-25;/h3-9,12-13,20-21,25H,2,10-11,14-19H2,1H3,(H,31,32,33);1H. The maximum absolute atomic E-state index is 5.53. The van der Waals surface area contributed by atoms with Crippen LogP contribution < -0.4 is 10.2 Å². The summed E-state index contributed by atoms with van der Waals surface area (Å²) in [5, 5.41) is 8.13. The number of rotatable bonds is 7. The SMILES string of the molecule is CCn1cc(-c2ccnc(Nc3ccc(N4CCN(C5CCOCC5)CC4)cc3)n2)c(-c2cccnc2)n1.[HH]. The minimum Gasteiger partial charge on any atom is -0.381 e. The second kappa shape index (κ2) is 11.3. The fourth-order valence-electron chi connectivity index (χ4n) is 5.34. The van der Waals surface area contributed by atoms with Gasteiger partial charge in [-0.25, -0.2) is 9.97 Å². The molecule has 9 heteroatoms. The number of nitrogens with zero attached hydrogens (tertiary/aromatic N) is 7. The molecule has 5 heterocycles. The van der Waals surface area contributed by atoms with Crippen LogP contribution in [0.5, 0.6) is 0 Å². The van der Waals surface area contributed by atoms with Gasteiger partial charge in [-0.1, -0.05) is 0 Å². The zero-order valence-electron chi connectivity index (χ0n) is 21.8. The Labute approximate surface area is 225 Å². The number of hydrogen-bond donors (Lipinski definition) is 1. The Morgan fingerprint density at radius 2 is 1.82 bits per heavy atom. The molecule has 9 nitrogen and oxygen atoms in total. The number of aromatic nitrogens is 5. The Morgan fingerprint density at radius 1 is 1.00 bits per heavy atom. The third-order valence-electron chi connectivity index (χ3n) is 7.46. The number of ether oxygens (including phenoxy) is 1. The molecule has 1 aromatic carbocycles. The van der Waals surface area contributed by atoms with Crippen LogP contribution in [-0.4, -0.2) is 75.1 Å². The van der Waals surface area contributed by atoms with Gasteiger partial charge in [0.15, 0.2) is 0 Å². The van der Waals surface area contributed by atoms with Gasteiger partial charge in [0.2, 0.25) is 5.95 Å². The van der Waals surface area contributed by atoms with Crippen LogP contribution in [0.2, 0.25) is 0 Å². The van der Waals surface area contributed by atoms with E-state index in [2.05, 4.69) is 56.3 Å². The molecule has 0 amide bonds. The van der Waals surface area contributed by atoms with E-state index in [9.17, 15) is 0 Å². The summed E-state index contributed by atoms with van der Waals surface area (Å²) in [4.78, 5) is 18.7. The third kappa shape index (κ3) is 5.39. The summed E-state index contributed by atoms with van der Waals surface area (Å²) in [6.07, 6.45) is 9.74. The van der Waals surface area contributed by atoms with Crippen molar-refractivity contribution in [2.45, 2.75) is 32.4 Å². The van der Waals surface area contributed by atoms with Gasteiger partial charge in [-0.05, 0) is 62.2 Å². The van der Waals surface area contributed by atoms with Crippen molar-refractivity contribution in [3.63, 3.8) is 0 Å². The van der Waals surface area contributed by atoms with Crippen LogP contribution in [0.4, 0.5) is 17.3 Å². The molecule has 2 aliphatic heterocycles. The van der Waals surface area contributed by atoms with E-state index in [1.54, 1.807) is 12.4 Å². The summed E-state index contributed by atoms with van der Waals surface area (Å²) in [5.74, 6) is 0.557. The summed E-state index contributed by atoms with van der Waals surface area (Å²) in [5.41, 5.74) is 5.83. The number of hydrogen-bond acceptors (Lipinski definition) is 8.